The van der Waals surface area contributed by atoms with Gasteiger partial charge in [0, 0.05) is 17.6 Å². The van der Waals surface area contributed by atoms with Crippen molar-refractivity contribution in [3.63, 3.8) is 0 Å². The quantitative estimate of drug-likeness (QED) is 0.847. The Morgan fingerprint density at radius 2 is 2.17 bits per heavy atom. The summed E-state index contributed by atoms with van der Waals surface area (Å²) in [6.07, 6.45) is 4.73. The molecule has 0 saturated heterocycles. The lowest BCUT2D eigenvalue weighted by molar-refractivity contribution is 0.0696. The van der Waals surface area contributed by atoms with E-state index in [0.717, 1.165) is 25.0 Å². The maximum atomic E-state index is 12.7. The zero-order valence-corrected chi connectivity index (χ0v) is 13.8. The van der Waals surface area contributed by atoms with Crippen LogP contribution in [0.3, 0.4) is 0 Å². The molecule has 1 aliphatic carbocycles. The van der Waals surface area contributed by atoms with Gasteiger partial charge in [-0.15, -0.1) is 0 Å². The molecule has 0 bridgehead atoms. The number of amides is 1. The van der Waals surface area contributed by atoms with E-state index in [4.69, 9.17) is 5.11 Å². The molecule has 2 N–H and O–H groups in total. The molecule has 1 unspecified atom stereocenters. The molecule has 1 aromatic heterocycles. The number of nitrogens with zero attached hydrogens (tertiary/aromatic N) is 2. The summed E-state index contributed by atoms with van der Waals surface area (Å²) in [5, 5.41) is 16.3. The number of hydrogen-bond acceptors (Lipinski definition) is 3. The molecule has 6 nitrogen and oxygen atoms in total. The van der Waals surface area contributed by atoms with Gasteiger partial charge in [0.15, 0.2) is 0 Å². The van der Waals surface area contributed by atoms with Gasteiger partial charge in [0.05, 0.1) is 23.0 Å². The first kappa shape index (κ1) is 16.2. The summed E-state index contributed by atoms with van der Waals surface area (Å²) < 4.78 is 1.96. The Morgan fingerprint density at radius 3 is 2.79 bits per heavy atom. The van der Waals surface area contributed by atoms with Crippen molar-refractivity contribution in [2.45, 2.75) is 45.1 Å². The fraction of sp³-hybridized carbons (Fsp3) is 0.389. The fourth-order valence-corrected chi connectivity index (χ4v) is 2.76. The molecule has 0 aliphatic heterocycles. The molecule has 1 heterocycles. The van der Waals surface area contributed by atoms with Crippen LogP contribution in [0.15, 0.2) is 30.5 Å². The molecule has 1 atom stereocenters. The number of rotatable bonds is 6. The van der Waals surface area contributed by atoms with E-state index in [1.165, 1.54) is 12.1 Å². The third kappa shape index (κ3) is 3.18. The summed E-state index contributed by atoms with van der Waals surface area (Å²) in [6.45, 7) is 4.19. The third-order valence-corrected chi connectivity index (χ3v) is 4.42. The molecule has 3 rings (SSSR count). The van der Waals surface area contributed by atoms with Crippen molar-refractivity contribution in [1.82, 2.24) is 9.78 Å². The molecule has 1 fully saturated rings. The van der Waals surface area contributed by atoms with Crippen LogP contribution in [-0.4, -0.2) is 26.8 Å². The lowest BCUT2D eigenvalue weighted by Crippen LogP contribution is -2.16. The molecule has 1 saturated carbocycles. The molecule has 24 heavy (non-hydrogen) atoms. The molecular weight excluding hydrogens is 306 g/mol. The summed E-state index contributed by atoms with van der Waals surface area (Å²) in [7, 11) is 0. The van der Waals surface area contributed by atoms with Crippen molar-refractivity contribution in [2.75, 3.05) is 5.32 Å². The van der Waals surface area contributed by atoms with Gasteiger partial charge in [0.1, 0.15) is 0 Å². The minimum atomic E-state index is -1.02. The van der Waals surface area contributed by atoms with Crippen LogP contribution >= 0.6 is 0 Å². The van der Waals surface area contributed by atoms with Gasteiger partial charge in [0.25, 0.3) is 5.91 Å². The number of aromatic nitrogens is 2. The first-order valence-electron chi connectivity index (χ1n) is 8.23. The van der Waals surface area contributed by atoms with Gasteiger partial charge in [-0.25, -0.2) is 4.79 Å². The molecule has 1 amide bonds. The van der Waals surface area contributed by atoms with Gasteiger partial charge in [-0.2, -0.15) is 5.10 Å². The van der Waals surface area contributed by atoms with Crippen molar-refractivity contribution in [3.05, 3.63) is 47.3 Å². The Kier molecular flexibility index (Phi) is 4.38. The van der Waals surface area contributed by atoms with Crippen LogP contribution in [-0.2, 0) is 0 Å². The number of anilines is 1. The summed E-state index contributed by atoms with van der Waals surface area (Å²) in [4.78, 5) is 23.7. The minimum Gasteiger partial charge on any atom is -0.478 e. The Hall–Kier alpha value is -2.63. The van der Waals surface area contributed by atoms with Crippen LogP contribution < -0.4 is 5.32 Å². The zero-order valence-electron chi connectivity index (χ0n) is 13.8. The summed E-state index contributed by atoms with van der Waals surface area (Å²) >= 11 is 0. The smallest absolute Gasteiger partial charge is 0.335 e. The van der Waals surface area contributed by atoms with Crippen LogP contribution in [0.2, 0.25) is 0 Å². The number of carboxylic acids is 1. The third-order valence-electron chi connectivity index (χ3n) is 4.42. The van der Waals surface area contributed by atoms with Gasteiger partial charge < -0.3 is 10.4 Å². The highest BCUT2D eigenvalue weighted by Gasteiger charge is 2.33. The number of benzene rings is 1. The zero-order chi connectivity index (χ0) is 17.3. The molecule has 6 heteroatoms. The normalized spacial score (nSPS) is 15.1. The number of carbonyl (C=O) groups excluding carboxylic acids is 1. The SMILES string of the molecule is CCC(C)n1ncc(C(=O)Nc2cccc(C(=O)O)c2)c1C1CC1. The first-order chi connectivity index (χ1) is 11.5. The van der Waals surface area contributed by atoms with Gasteiger partial charge in [-0.1, -0.05) is 13.0 Å². The highest BCUT2D eigenvalue weighted by molar-refractivity contribution is 6.05. The lowest BCUT2D eigenvalue weighted by Gasteiger charge is -2.14. The van der Waals surface area contributed by atoms with Crippen molar-refractivity contribution in [2.24, 2.45) is 0 Å². The van der Waals surface area contributed by atoms with Crippen molar-refractivity contribution in [1.29, 1.82) is 0 Å². The fourth-order valence-electron chi connectivity index (χ4n) is 2.76. The molecule has 126 valence electrons. The molecule has 0 spiro atoms. The monoisotopic (exact) mass is 327 g/mol. The largest absolute Gasteiger partial charge is 0.478 e. The second-order valence-electron chi connectivity index (χ2n) is 6.26. The maximum absolute atomic E-state index is 12.7. The second kappa shape index (κ2) is 6.47. The van der Waals surface area contributed by atoms with Crippen LogP contribution in [0, 0.1) is 0 Å². The Bertz CT molecular complexity index is 778. The molecular formula is C18H21N3O3. The van der Waals surface area contributed by atoms with E-state index in [1.807, 2.05) is 4.68 Å². The van der Waals surface area contributed by atoms with Gasteiger partial charge in [-0.05, 0) is 44.4 Å². The standard InChI is InChI=1S/C18H21N3O3/c1-3-11(2)21-16(12-7-8-12)15(10-19-21)17(22)20-14-6-4-5-13(9-14)18(23)24/h4-6,9-12H,3,7-8H2,1-2H3,(H,20,22)(H,23,24). The van der Waals surface area contributed by atoms with E-state index in [-0.39, 0.29) is 17.5 Å². The van der Waals surface area contributed by atoms with Gasteiger partial charge in [0.2, 0.25) is 0 Å². The molecule has 1 aromatic carbocycles. The van der Waals surface area contributed by atoms with Crippen LogP contribution in [0.4, 0.5) is 5.69 Å². The van der Waals surface area contributed by atoms with E-state index in [1.54, 1.807) is 18.3 Å². The summed E-state index contributed by atoms with van der Waals surface area (Å²) in [5.74, 6) is -0.865. The maximum Gasteiger partial charge on any atom is 0.335 e. The predicted octanol–water partition coefficient (Wildman–Crippen LogP) is 3.68. The number of aromatic carboxylic acids is 1. The highest BCUT2D eigenvalue weighted by Crippen LogP contribution is 2.42. The summed E-state index contributed by atoms with van der Waals surface area (Å²) in [5.41, 5.74) is 2.19. The number of hydrogen-bond donors (Lipinski definition) is 2. The lowest BCUT2D eigenvalue weighted by atomic mass is 10.1. The predicted molar refractivity (Wildman–Crippen MR) is 90.6 cm³/mol. The average Bonchev–Trinajstić information content (AvgIpc) is 3.32. The van der Waals surface area contributed by atoms with Crippen molar-refractivity contribution in [3.8, 4) is 0 Å². The number of nitrogens with one attached hydrogen (secondary N) is 1. The van der Waals surface area contributed by atoms with E-state index in [2.05, 4.69) is 24.3 Å². The van der Waals surface area contributed by atoms with E-state index in [9.17, 15) is 9.59 Å². The average molecular weight is 327 g/mol. The van der Waals surface area contributed by atoms with Crippen molar-refractivity contribution >= 4 is 17.6 Å². The Labute approximate surface area is 140 Å². The second-order valence-corrected chi connectivity index (χ2v) is 6.26. The Balaban J connectivity index is 1.87. The van der Waals surface area contributed by atoms with E-state index in [0.29, 0.717) is 17.2 Å². The van der Waals surface area contributed by atoms with E-state index >= 15 is 0 Å². The summed E-state index contributed by atoms with van der Waals surface area (Å²) in [6, 6.07) is 6.49. The van der Waals surface area contributed by atoms with Gasteiger partial charge >= 0.3 is 5.97 Å². The Morgan fingerprint density at radius 1 is 1.42 bits per heavy atom. The highest BCUT2D eigenvalue weighted by atomic mass is 16.4. The first-order valence-corrected chi connectivity index (χ1v) is 8.23. The topological polar surface area (TPSA) is 84.2 Å². The van der Waals surface area contributed by atoms with Crippen LogP contribution in [0.5, 0.6) is 0 Å². The van der Waals surface area contributed by atoms with Crippen LogP contribution in [0.25, 0.3) is 0 Å². The van der Waals surface area contributed by atoms with Gasteiger partial charge in [-0.3, -0.25) is 9.48 Å². The molecule has 1 aliphatic rings. The van der Waals surface area contributed by atoms with E-state index < -0.39 is 5.97 Å². The molecule has 0 radical (unpaired) electrons. The van der Waals surface area contributed by atoms with Crippen molar-refractivity contribution < 1.29 is 14.7 Å². The molecule has 2 aromatic rings. The minimum absolute atomic E-state index is 0.144. The number of carboxylic acid groups (broad SMARTS) is 1. The van der Waals surface area contributed by atoms with Crippen LogP contribution in [0.1, 0.15) is 71.5 Å². The number of carbonyl (C=O) groups is 2.